The molecule has 94 valence electrons. The molecule has 2 unspecified atom stereocenters. The molecule has 3 heteroatoms. The molecule has 16 heavy (non-hydrogen) atoms. The standard InChI is InChI=1S/C13H27N3/c1-3-16(4-2)13(11-14)8-10-15-9-6-5-7-12(13)15/h12H,3-11,14H2,1-2H3. The summed E-state index contributed by atoms with van der Waals surface area (Å²) in [5.74, 6) is 0. The number of fused-ring (bicyclic) bond motifs is 1. The third-order valence-electron chi connectivity index (χ3n) is 4.81. The minimum Gasteiger partial charge on any atom is -0.329 e. The van der Waals surface area contributed by atoms with Gasteiger partial charge in [-0.2, -0.15) is 0 Å². The van der Waals surface area contributed by atoms with Gasteiger partial charge in [-0.25, -0.2) is 0 Å². The van der Waals surface area contributed by atoms with Gasteiger partial charge in [-0.15, -0.1) is 0 Å². The Kier molecular flexibility index (Phi) is 3.88. The Bertz CT molecular complexity index is 227. The number of piperidine rings is 1. The first-order valence-corrected chi connectivity index (χ1v) is 6.97. The molecule has 2 aliphatic rings. The summed E-state index contributed by atoms with van der Waals surface area (Å²) < 4.78 is 0. The van der Waals surface area contributed by atoms with Gasteiger partial charge in [0.2, 0.25) is 0 Å². The Morgan fingerprint density at radius 1 is 1.25 bits per heavy atom. The highest BCUT2D eigenvalue weighted by molar-refractivity contribution is 5.08. The lowest BCUT2D eigenvalue weighted by atomic mass is 9.83. The van der Waals surface area contributed by atoms with Gasteiger partial charge in [0.25, 0.3) is 0 Å². The van der Waals surface area contributed by atoms with Gasteiger partial charge >= 0.3 is 0 Å². The van der Waals surface area contributed by atoms with Crippen LogP contribution in [-0.2, 0) is 0 Å². The lowest BCUT2D eigenvalue weighted by molar-refractivity contribution is 0.0448. The summed E-state index contributed by atoms with van der Waals surface area (Å²) in [6.07, 6.45) is 5.41. The van der Waals surface area contributed by atoms with Gasteiger partial charge in [0, 0.05) is 24.7 Å². The molecule has 0 radical (unpaired) electrons. The van der Waals surface area contributed by atoms with Gasteiger partial charge in [-0.3, -0.25) is 9.80 Å². The van der Waals surface area contributed by atoms with Crippen LogP contribution in [0.5, 0.6) is 0 Å². The normalized spacial score (nSPS) is 35.6. The van der Waals surface area contributed by atoms with Crippen LogP contribution in [0, 0.1) is 0 Å². The number of nitrogens with two attached hydrogens (primary N) is 1. The highest BCUT2D eigenvalue weighted by Gasteiger charge is 2.49. The lowest BCUT2D eigenvalue weighted by Crippen LogP contribution is -2.61. The van der Waals surface area contributed by atoms with Crippen LogP contribution in [0.1, 0.15) is 39.5 Å². The van der Waals surface area contributed by atoms with E-state index in [1.165, 1.54) is 38.8 Å². The second kappa shape index (κ2) is 5.03. The molecular formula is C13H27N3. The van der Waals surface area contributed by atoms with Crippen LogP contribution in [0.3, 0.4) is 0 Å². The second-order valence-electron chi connectivity index (χ2n) is 5.28. The van der Waals surface area contributed by atoms with Crippen LogP contribution in [0.15, 0.2) is 0 Å². The molecular weight excluding hydrogens is 198 g/mol. The average Bonchev–Trinajstić information content (AvgIpc) is 2.71. The molecule has 0 amide bonds. The van der Waals surface area contributed by atoms with Crippen molar-refractivity contribution in [2.24, 2.45) is 5.73 Å². The van der Waals surface area contributed by atoms with E-state index in [4.69, 9.17) is 5.73 Å². The third kappa shape index (κ3) is 1.79. The van der Waals surface area contributed by atoms with Crippen LogP contribution >= 0.6 is 0 Å². The number of nitrogens with zero attached hydrogens (tertiary/aromatic N) is 2. The number of rotatable bonds is 4. The largest absolute Gasteiger partial charge is 0.329 e. The first-order chi connectivity index (χ1) is 7.78. The molecule has 2 saturated heterocycles. The Hall–Kier alpha value is -0.120. The minimum atomic E-state index is 0.282. The van der Waals surface area contributed by atoms with Crippen molar-refractivity contribution in [3.8, 4) is 0 Å². The predicted molar refractivity (Wildman–Crippen MR) is 68.5 cm³/mol. The fourth-order valence-corrected chi connectivity index (χ4v) is 3.96. The molecule has 2 aliphatic heterocycles. The van der Waals surface area contributed by atoms with E-state index in [2.05, 4.69) is 23.6 Å². The molecule has 0 aliphatic carbocycles. The quantitative estimate of drug-likeness (QED) is 0.782. The van der Waals surface area contributed by atoms with Crippen LogP contribution < -0.4 is 5.73 Å². The summed E-state index contributed by atoms with van der Waals surface area (Å²) in [6, 6.07) is 0.728. The van der Waals surface area contributed by atoms with Gasteiger partial charge in [0.05, 0.1) is 0 Å². The van der Waals surface area contributed by atoms with Crippen molar-refractivity contribution in [3.05, 3.63) is 0 Å². The highest BCUT2D eigenvalue weighted by atomic mass is 15.3. The van der Waals surface area contributed by atoms with E-state index in [1.54, 1.807) is 0 Å². The number of hydrogen-bond acceptors (Lipinski definition) is 3. The molecule has 2 N–H and O–H groups in total. The summed E-state index contributed by atoms with van der Waals surface area (Å²) >= 11 is 0. The fourth-order valence-electron chi connectivity index (χ4n) is 3.96. The van der Waals surface area contributed by atoms with E-state index in [-0.39, 0.29) is 5.54 Å². The molecule has 2 rings (SSSR count). The Morgan fingerprint density at radius 3 is 2.62 bits per heavy atom. The van der Waals surface area contributed by atoms with Gasteiger partial charge in [0.15, 0.2) is 0 Å². The molecule has 3 nitrogen and oxygen atoms in total. The zero-order chi connectivity index (χ0) is 11.6. The lowest BCUT2D eigenvalue weighted by Gasteiger charge is -2.47. The minimum absolute atomic E-state index is 0.282. The zero-order valence-corrected chi connectivity index (χ0v) is 10.9. The summed E-state index contributed by atoms with van der Waals surface area (Å²) in [5.41, 5.74) is 6.44. The first kappa shape index (κ1) is 12.3. The monoisotopic (exact) mass is 225 g/mol. The zero-order valence-electron chi connectivity index (χ0n) is 10.9. The molecule has 0 aromatic rings. The molecule has 0 bridgehead atoms. The van der Waals surface area contributed by atoms with Crippen LogP contribution in [-0.4, -0.2) is 54.1 Å². The van der Waals surface area contributed by atoms with Crippen molar-refractivity contribution in [1.82, 2.24) is 9.80 Å². The molecule has 2 atom stereocenters. The maximum atomic E-state index is 6.16. The summed E-state index contributed by atoms with van der Waals surface area (Å²) in [5, 5.41) is 0. The van der Waals surface area contributed by atoms with Crippen LogP contribution in [0.4, 0.5) is 0 Å². The SMILES string of the molecule is CCN(CC)C1(CN)CCN2CCCCC21. The van der Waals surface area contributed by atoms with E-state index >= 15 is 0 Å². The van der Waals surface area contributed by atoms with E-state index in [1.807, 2.05) is 0 Å². The first-order valence-electron chi connectivity index (χ1n) is 6.97. The maximum Gasteiger partial charge on any atom is 0.0498 e. The Morgan fingerprint density at radius 2 is 2.00 bits per heavy atom. The van der Waals surface area contributed by atoms with E-state index in [0.29, 0.717) is 0 Å². The van der Waals surface area contributed by atoms with Crippen LogP contribution in [0.2, 0.25) is 0 Å². The molecule has 2 heterocycles. The summed E-state index contributed by atoms with van der Waals surface area (Å²) in [6.45, 7) is 10.2. The Balaban J connectivity index is 2.19. The predicted octanol–water partition coefficient (Wildman–Crippen LogP) is 1.28. The molecule has 0 spiro atoms. The molecule has 0 aromatic carbocycles. The van der Waals surface area contributed by atoms with Gasteiger partial charge in [0.1, 0.15) is 0 Å². The number of hydrogen-bond donors (Lipinski definition) is 1. The second-order valence-corrected chi connectivity index (χ2v) is 5.28. The van der Waals surface area contributed by atoms with Crippen molar-refractivity contribution in [2.75, 3.05) is 32.7 Å². The van der Waals surface area contributed by atoms with Gasteiger partial charge < -0.3 is 5.73 Å². The van der Waals surface area contributed by atoms with Crippen molar-refractivity contribution in [3.63, 3.8) is 0 Å². The Labute approximate surface area is 100.0 Å². The van der Waals surface area contributed by atoms with E-state index in [9.17, 15) is 0 Å². The van der Waals surface area contributed by atoms with Gasteiger partial charge in [-0.1, -0.05) is 20.3 Å². The summed E-state index contributed by atoms with van der Waals surface area (Å²) in [4.78, 5) is 5.30. The topological polar surface area (TPSA) is 32.5 Å². The summed E-state index contributed by atoms with van der Waals surface area (Å²) in [7, 11) is 0. The van der Waals surface area contributed by atoms with Crippen LogP contribution in [0.25, 0.3) is 0 Å². The van der Waals surface area contributed by atoms with Crippen molar-refractivity contribution in [2.45, 2.75) is 51.1 Å². The molecule has 0 saturated carbocycles. The molecule has 2 fully saturated rings. The van der Waals surface area contributed by atoms with Crippen molar-refractivity contribution in [1.29, 1.82) is 0 Å². The highest BCUT2D eigenvalue weighted by Crippen LogP contribution is 2.38. The third-order valence-corrected chi connectivity index (χ3v) is 4.81. The molecule has 0 aromatic heterocycles. The van der Waals surface area contributed by atoms with Gasteiger partial charge in [-0.05, 0) is 38.9 Å². The fraction of sp³-hybridized carbons (Fsp3) is 1.00. The average molecular weight is 225 g/mol. The van der Waals surface area contributed by atoms with E-state index in [0.717, 1.165) is 25.7 Å². The van der Waals surface area contributed by atoms with E-state index < -0.39 is 0 Å². The van der Waals surface area contributed by atoms with Crippen molar-refractivity contribution < 1.29 is 0 Å². The van der Waals surface area contributed by atoms with Crippen molar-refractivity contribution >= 4 is 0 Å². The number of likely N-dealkylation sites (N-methyl/N-ethyl adjacent to an activating group) is 1. The smallest absolute Gasteiger partial charge is 0.0498 e. The maximum absolute atomic E-state index is 6.16.